The Morgan fingerprint density at radius 3 is 2.76 bits per heavy atom. The van der Waals surface area contributed by atoms with Crippen molar-refractivity contribution in [3.8, 4) is 0 Å². The Morgan fingerprint density at radius 1 is 1.33 bits per heavy atom. The van der Waals surface area contributed by atoms with E-state index in [2.05, 4.69) is 15.5 Å². The average molecular weight is 338 g/mol. The van der Waals surface area contributed by atoms with Crippen molar-refractivity contribution in [3.05, 3.63) is 0 Å². The predicted octanol–water partition coefficient (Wildman–Crippen LogP) is -0.419. The summed E-state index contributed by atoms with van der Waals surface area (Å²) in [4.78, 5) is 14.1. The van der Waals surface area contributed by atoms with Gasteiger partial charge in [-0.05, 0) is 39.4 Å². The number of halogens is 1. The number of nitrogens with one attached hydrogen (secondary N) is 2. The van der Waals surface area contributed by atoms with E-state index in [0.717, 1.165) is 32.4 Å². The van der Waals surface area contributed by atoms with Gasteiger partial charge < -0.3 is 10.6 Å². The minimum Gasteiger partial charge on any atom is -0.350 e. The van der Waals surface area contributed by atoms with Gasteiger partial charge in [0.15, 0.2) is 9.84 Å². The predicted molar refractivity (Wildman–Crippen MR) is 83.4 cm³/mol. The number of amides is 1. The third-order valence-corrected chi connectivity index (χ3v) is 6.57. The van der Waals surface area contributed by atoms with Crippen LogP contribution < -0.4 is 10.6 Å². The van der Waals surface area contributed by atoms with Crippen LogP contribution in [0.15, 0.2) is 0 Å². The molecule has 2 heterocycles. The minimum absolute atomic E-state index is 0.0516. The molecule has 2 aliphatic rings. The van der Waals surface area contributed by atoms with Crippen LogP contribution in [0.25, 0.3) is 0 Å². The summed E-state index contributed by atoms with van der Waals surface area (Å²) in [5.41, 5.74) is 0. The van der Waals surface area contributed by atoms with Gasteiger partial charge in [0.05, 0.1) is 29.5 Å². The van der Waals surface area contributed by atoms with Crippen LogP contribution in [0.1, 0.15) is 19.3 Å². The van der Waals surface area contributed by atoms with E-state index in [4.69, 9.17) is 11.6 Å². The Balaban J connectivity index is 1.81. The molecule has 2 saturated heterocycles. The number of likely N-dealkylation sites (N-methyl/N-ethyl adjacent to an activating group) is 1. The molecule has 0 spiro atoms. The van der Waals surface area contributed by atoms with Crippen molar-refractivity contribution in [2.45, 2.75) is 36.7 Å². The van der Waals surface area contributed by atoms with E-state index < -0.39 is 21.3 Å². The highest BCUT2D eigenvalue weighted by Crippen LogP contribution is 2.18. The number of sulfone groups is 1. The van der Waals surface area contributed by atoms with Crippen LogP contribution >= 0.6 is 11.6 Å². The summed E-state index contributed by atoms with van der Waals surface area (Å²) in [6, 6.07) is -0.0711. The van der Waals surface area contributed by atoms with Gasteiger partial charge >= 0.3 is 0 Å². The number of carbonyl (C=O) groups is 1. The molecule has 0 saturated carbocycles. The zero-order valence-corrected chi connectivity index (χ0v) is 13.9. The summed E-state index contributed by atoms with van der Waals surface area (Å²) in [6.45, 7) is 2.29. The lowest BCUT2D eigenvalue weighted by Crippen LogP contribution is -2.47. The Labute approximate surface area is 131 Å². The summed E-state index contributed by atoms with van der Waals surface area (Å²) in [6.07, 6.45) is 3.22. The second-order valence-corrected chi connectivity index (χ2v) is 8.73. The van der Waals surface area contributed by atoms with Crippen molar-refractivity contribution >= 4 is 27.3 Å². The fourth-order valence-electron chi connectivity index (χ4n) is 2.99. The molecule has 2 rings (SSSR count). The highest BCUT2D eigenvalue weighted by Gasteiger charge is 2.37. The molecule has 122 valence electrons. The van der Waals surface area contributed by atoms with Crippen molar-refractivity contribution in [2.75, 3.05) is 38.2 Å². The molecule has 21 heavy (non-hydrogen) atoms. The third-order valence-electron chi connectivity index (χ3n) is 4.19. The van der Waals surface area contributed by atoms with Crippen molar-refractivity contribution in [1.29, 1.82) is 0 Å². The van der Waals surface area contributed by atoms with Gasteiger partial charge in [0.25, 0.3) is 0 Å². The smallest absolute Gasteiger partial charge is 0.234 e. The summed E-state index contributed by atoms with van der Waals surface area (Å²) in [7, 11) is -1.17. The maximum atomic E-state index is 12.1. The molecule has 8 heteroatoms. The van der Waals surface area contributed by atoms with Crippen LogP contribution in [-0.2, 0) is 14.6 Å². The van der Waals surface area contributed by atoms with E-state index in [1.807, 2.05) is 7.05 Å². The van der Waals surface area contributed by atoms with E-state index in [1.54, 1.807) is 0 Å². The summed E-state index contributed by atoms with van der Waals surface area (Å²) >= 11 is 6.00. The summed E-state index contributed by atoms with van der Waals surface area (Å²) in [5.74, 6) is -0.254. The van der Waals surface area contributed by atoms with Crippen LogP contribution in [0.3, 0.4) is 0 Å². The summed E-state index contributed by atoms with van der Waals surface area (Å²) < 4.78 is 23.0. The number of hydrogen-bond donors (Lipinski definition) is 2. The van der Waals surface area contributed by atoms with E-state index in [9.17, 15) is 13.2 Å². The van der Waals surface area contributed by atoms with Crippen LogP contribution in [0.2, 0.25) is 0 Å². The van der Waals surface area contributed by atoms with Crippen molar-refractivity contribution in [2.24, 2.45) is 0 Å². The van der Waals surface area contributed by atoms with E-state index >= 15 is 0 Å². The van der Waals surface area contributed by atoms with Crippen LogP contribution in [-0.4, -0.2) is 74.9 Å². The fraction of sp³-hybridized carbons (Fsp3) is 0.923. The van der Waals surface area contributed by atoms with Gasteiger partial charge in [0, 0.05) is 6.04 Å². The normalized spacial score (nSPS) is 32.8. The molecule has 3 unspecified atom stereocenters. The molecule has 0 aromatic rings. The Hall–Kier alpha value is -0.370. The van der Waals surface area contributed by atoms with Gasteiger partial charge in [-0.25, -0.2) is 8.42 Å². The van der Waals surface area contributed by atoms with Crippen molar-refractivity contribution in [1.82, 2.24) is 15.5 Å². The van der Waals surface area contributed by atoms with Gasteiger partial charge in [0.2, 0.25) is 5.91 Å². The molecule has 0 aromatic carbocycles. The topological polar surface area (TPSA) is 78.5 Å². The number of hydrogen-bond acceptors (Lipinski definition) is 5. The average Bonchev–Trinajstić information content (AvgIpc) is 2.60. The van der Waals surface area contributed by atoms with Gasteiger partial charge in [-0.15, -0.1) is 11.6 Å². The van der Waals surface area contributed by atoms with Gasteiger partial charge in [-0.1, -0.05) is 0 Å². The Bertz CT molecular complexity index is 463. The quantitative estimate of drug-likeness (QED) is 0.681. The lowest BCUT2D eigenvalue weighted by molar-refractivity contribution is -0.123. The number of nitrogens with zero attached hydrogens (tertiary/aromatic N) is 1. The first kappa shape index (κ1) is 17.0. The van der Waals surface area contributed by atoms with E-state index in [-0.39, 0.29) is 24.0 Å². The Kier molecular flexibility index (Phi) is 5.88. The monoisotopic (exact) mass is 337 g/mol. The molecule has 0 bridgehead atoms. The zero-order valence-electron chi connectivity index (χ0n) is 12.3. The third kappa shape index (κ3) is 5.09. The largest absolute Gasteiger partial charge is 0.350 e. The van der Waals surface area contributed by atoms with Crippen LogP contribution in [0, 0.1) is 0 Å². The molecular weight excluding hydrogens is 314 g/mol. The highest BCUT2D eigenvalue weighted by molar-refractivity contribution is 7.91. The van der Waals surface area contributed by atoms with E-state index in [1.165, 1.54) is 0 Å². The lowest BCUT2D eigenvalue weighted by Gasteiger charge is -2.27. The maximum absolute atomic E-state index is 12.1. The standard InChI is InChI=1S/C13H24ClN3O3S/c1-17(10-3-2-5-15-6-4-10)7-13(18)16-12-9-21(19,20)8-11(12)14/h10-12,15H,2-9H2,1H3,(H,16,18). The second kappa shape index (κ2) is 7.26. The first-order chi connectivity index (χ1) is 9.87. The SMILES string of the molecule is CN(CC(=O)NC1CS(=O)(=O)CC1Cl)C1CCCNCC1. The molecule has 0 aromatic heterocycles. The first-order valence-corrected chi connectivity index (χ1v) is 9.68. The molecule has 6 nitrogen and oxygen atoms in total. The number of alkyl halides is 1. The highest BCUT2D eigenvalue weighted by atomic mass is 35.5. The van der Waals surface area contributed by atoms with Crippen LogP contribution in [0.4, 0.5) is 0 Å². The molecule has 2 fully saturated rings. The van der Waals surface area contributed by atoms with Crippen LogP contribution in [0.5, 0.6) is 0 Å². The second-order valence-electron chi connectivity index (χ2n) is 6.02. The first-order valence-electron chi connectivity index (χ1n) is 7.42. The van der Waals surface area contributed by atoms with Gasteiger partial charge in [-0.2, -0.15) is 0 Å². The zero-order chi connectivity index (χ0) is 15.5. The number of rotatable bonds is 4. The number of carbonyl (C=O) groups excluding carboxylic acids is 1. The molecular formula is C13H24ClN3O3S. The molecule has 2 N–H and O–H groups in total. The molecule has 0 radical (unpaired) electrons. The van der Waals surface area contributed by atoms with E-state index in [0.29, 0.717) is 6.04 Å². The van der Waals surface area contributed by atoms with Crippen molar-refractivity contribution < 1.29 is 13.2 Å². The maximum Gasteiger partial charge on any atom is 0.234 e. The molecule has 2 aliphatic heterocycles. The van der Waals surface area contributed by atoms with Gasteiger partial charge in [-0.3, -0.25) is 9.69 Å². The lowest BCUT2D eigenvalue weighted by atomic mass is 10.1. The van der Waals surface area contributed by atoms with Crippen molar-refractivity contribution in [3.63, 3.8) is 0 Å². The molecule has 1 amide bonds. The Morgan fingerprint density at radius 2 is 2.10 bits per heavy atom. The molecule has 3 atom stereocenters. The summed E-state index contributed by atoms with van der Waals surface area (Å²) in [5, 5.41) is 5.59. The minimum atomic E-state index is -3.11. The fourth-order valence-corrected chi connectivity index (χ4v) is 5.54. The van der Waals surface area contributed by atoms with Gasteiger partial charge in [0.1, 0.15) is 0 Å². The molecule has 0 aliphatic carbocycles.